The molecule has 0 bridgehead atoms. The van der Waals surface area contributed by atoms with Crippen LogP contribution in [-0.2, 0) is 37.2 Å². The molecule has 150 valence electrons. The van der Waals surface area contributed by atoms with Crippen LogP contribution in [0.15, 0.2) is 25.3 Å². The van der Waals surface area contributed by atoms with E-state index in [1.54, 1.807) is 0 Å². The van der Waals surface area contributed by atoms with Gasteiger partial charge in [-0.2, -0.15) is 0 Å². The molecule has 0 aliphatic rings. The zero-order valence-electron chi connectivity index (χ0n) is 15.4. The monoisotopic (exact) mass is 392 g/mol. The van der Waals surface area contributed by atoms with Crippen molar-refractivity contribution in [2.75, 3.05) is 33.0 Å². The van der Waals surface area contributed by atoms with Gasteiger partial charge in [-0.1, -0.05) is 32.9 Å². The largest absolute Gasteiger partial charge is 0.474 e. The van der Waals surface area contributed by atoms with Gasteiger partial charge in [-0.15, -0.1) is 0 Å². The van der Waals surface area contributed by atoms with E-state index in [-0.39, 0.29) is 33.0 Å². The Balaban J connectivity index is 4.21. The standard InChI is InChI=1S/C17H29O8P/c1-4-7-8-13-23-26(20,24-14-9-11-21-16(18)5-2)25-15-10-12-22-17(19)6-3/h5-6H,2-4,7-15H2,1H3. The molecule has 8 nitrogen and oxygen atoms in total. The Morgan fingerprint density at radius 1 is 0.769 bits per heavy atom. The predicted molar refractivity (Wildman–Crippen MR) is 96.5 cm³/mol. The number of carbonyl (C=O) groups excluding carboxylic acids is 2. The molecule has 0 atom stereocenters. The highest BCUT2D eigenvalue weighted by atomic mass is 31.2. The van der Waals surface area contributed by atoms with Gasteiger partial charge >= 0.3 is 19.8 Å². The van der Waals surface area contributed by atoms with Crippen molar-refractivity contribution in [3.05, 3.63) is 25.3 Å². The van der Waals surface area contributed by atoms with Crippen molar-refractivity contribution in [3.63, 3.8) is 0 Å². The summed E-state index contributed by atoms with van der Waals surface area (Å²) in [6.07, 6.45) is 5.47. The maximum Gasteiger partial charge on any atom is 0.474 e. The van der Waals surface area contributed by atoms with Gasteiger partial charge in [-0.25, -0.2) is 14.2 Å². The number of phosphoric ester groups is 1. The highest BCUT2D eigenvalue weighted by molar-refractivity contribution is 7.48. The number of esters is 2. The third-order valence-corrected chi connectivity index (χ3v) is 4.39. The summed E-state index contributed by atoms with van der Waals surface area (Å²) in [5.41, 5.74) is 0. The van der Waals surface area contributed by atoms with Crippen molar-refractivity contribution in [1.29, 1.82) is 0 Å². The first-order chi connectivity index (χ1) is 12.5. The Kier molecular flexibility index (Phi) is 14.9. The summed E-state index contributed by atoms with van der Waals surface area (Å²) in [5.74, 6) is -1.07. The van der Waals surface area contributed by atoms with E-state index in [9.17, 15) is 14.2 Å². The second kappa shape index (κ2) is 15.8. The molecule has 0 spiro atoms. The quantitative estimate of drug-likeness (QED) is 0.160. The molecule has 0 amide bonds. The van der Waals surface area contributed by atoms with Crippen LogP contribution >= 0.6 is 7.82 Å². The molecule has 0 aromatic carbocycles. The van der Waals surface area contributed by atoms with E-state index in [4.69, 9.17) is 23.0 Å². The molecule has 0 aromatic rings. The number of carbonyl (C=O) groups is 2. The fourth-order valence-corrected chi connectivity index (χ4v) is 2.86. The minimum Gasteiger partial charge on any atom is -0.462 e. The van der Waals surface area contributed by atoms with Crippen LogP contribution in [-0.4, -0.2) is 45.0 Å². The Morgan fingerprint density at radius 2 is 1.19 bits per heavy atom. The summed E-state index contributed by atoms with van der Waals surface area (Å²) in [4.78, 5) is 21.8. The van der Waals surface area contributed by atoms with Crippen molar-refractivity contribution in [2.24, 2.45) is 0 Å². The van der Waals surface area contributed by atoms with Gasteiger partial charge in [-0.05, 0) is 6.42 Å². The zero-order valence-corrected chi connectivity index (χ0v) is 16.2. The van der Waals surface area contributed by atoms with Gasteiger partial charge in [0.15, 0.2) is 0 Å². The van der Waals surface area contributed by atoms with E-state index in [2.05, 4.69) is 13.2 Å². The van der Waals surface area contributed by atoms with Crippen molar-refractivity contribution < 1.29 is 37.2 Å². The molecule has 0 aliphatic carbocycles. The van der Waals surface area contributed by atoms with Gasteiger partial charge in [0.25, 0.3) is 0 Å². The van der Waals surface area contributed by atoms with E-state index in [0.717, 1.165) is 31.4 Å². The van der Waals surface area contributed by atoms with Crippen LogP contribution in [0.5, 0.6) is 0 Å². The number of phosphoric acid groups is 1. The summed E-state index contributed by atoms with van der Waals surface area (Å²) in [5, 5.41) is 0. The molecule has 0 aliphatic heterocycles. The summed E-state index contributed by atoms with van der Waals surface area (Å²) < 4.78 is 37.9. The van der Waals surface area contributed by atoms with Crippen LogP contribution < -0.4 is 0 Å². The number of ether oxygens (including phenoxy) is 2. The van der Waals surface area contributed by atoms with E-state index in [1.807, 2.05) is 6.92 Å². The van der Waals surface area contributed by atoms with Crippen molar-refractivity contribution >= 4 is 19.8 Å². The summed E-state index contributed by atoms with van der Waals surface area (Å²) in [6, 6.07) is 0. The second-order valence-corrected chi connectivity index (χ2v) is 6.77. The normalized spacial score (nSPS) is 11.0. The Morgan fingerprint density at radius 3 is 1.58 bits per heavy atom. The Labute approximate surface area is 155 Å². The van der Waals surface area contributed by atoms with E-state index in [1.165, 1.54) is 0 Å². The maximum absolute atomic E-state index is 12.6. The molecule has 0 heterocycles. The molecule has 9 heteroatoms. The first-order valence-corrected chi connectivity index (χ1v) is 10.1. The first-order valence-electron chi connectivity index (χ1n) is 8.59. The van der Waals surface area contributed by atoms with Gasteiger partial charge in [0, 0.05) is 25.0 Å². The van der Waals surface area contributed by atoms with Crippen molar-refractivity contribution in [1.82, 2.24) is 0 Å². The van der Waals surface area contributed by atoms with Gasteiger partial charge in [0.05, 0.1) is 33.0 Å². The van der Waals surface area contributed by atoms with Crippen LogP contribution in [0, 0.1) is 0 Å². The summed E-state index contributed by atoms with van der Waals surface area (Å²) >= 11 is 0. The first kappa shape index (κ1) is 24.5. The van der Waals surface area contributed by atoms with Crippen LogP contribution in [0.4, 0.5) is 0 Å². The van der Waals surface area contributed by atoms with Crippen LogP contribution in [0.25, 0.3) is 0 Å². The lowest BCUT2D eigenvalue weighted by Crippen LogP contribution is -2.09. The smallest absolute Gasteiger partial charge is 0.462 e. The van der Waals surface area contributed by atoms with Crippen LogP contribution in [0.1, 0.15) is 39.0 Å². The molecule has 0 N–H and O–H groups in total. The molecule has 0 unspecified atom stereocenters. The van der Waals surface area contributed by atoms with E-state index < -0.39 is 19.8 Å². The molecule has 26 heavy (non-hydrogen) atoms. The molecule has 0 saturated heterocycles. The Bertz CT molecular complexity index is 443. The van der Waals surface area contributed by atoms with Gasteiger partial charge in [0.1, 0.15) is 0 Å². The molecular formula is C17H29O8P. The highest BCUT2D eigenvalue weighted by Crippen LogP contribution is 2.49. The molecular weight excluding hydrogens is 363 g/mol. The average Bonchev–Trinajstić information content (AvgIpc) is 2.64. The number of hydrogen-bond acceptors (Lipinski definition) is 8. The molecule has 0 saturated carbocycles. The number of rotatable bonds is 17. The fraction of sp³-hybridized carbons (Fsp3) is 0.647. The highest BCUT2D eigenvalue weighted by Gasteiger charge is 2.26. The molecule has 0 fully saturated rings. The van der Waals surface area contributed by atoms with Gasteiger partial charge in [-0.3, -0.25) is 13.6 Å². The lowest BCUT2D eigenvalue weighted by molar-refractivity contribution is -0.138. The van der Waals surface area contributed by atoms with Crippen LogP contribution in [0.3, 0.4) is 0 Å². The predicted octanol–water partition coefficient (Wildman–Crippen LogP) is 3.57. The molecule has 0 aromatic heterocycles. The number of unbranched alkanes of at least 4 members (excludes halogenated alkanes) is 2. The second-order valence-electron chi connectivity index (χ2n) is 5.10. The SMILES string of the molecule is C=CC(=O)OCCCOP(=O)(OCCCCC)OCCCOC(=O)C=C. The Hall–Kier alpha value is -1.47. The third kappa shape index (κ3) is 13.8. The minimum atomic E-state index is -3.72. The average molecular weight is 392 g/mol. The lowest BCUT2D eigenvalue weighted by atomic mass is 10.3. The fourth-order valence-electron chi connectivity index (χ4n) is 1.57. The van der Waals surface area contributed by atoms with Gasteiger partial charge in [0.2, 0.25) is 0 Å². The van der Waals surface area contributed by atoms with E-state index >= 15 is 0 Å². The van der Waals surface area contributed by atoms with Crippen LogP contribution in [0.2, 0.25) is 0 Å². The topological polar surface area (TPSA) is 97.4 Å². The minimum absolute atomic E-state index is 0.0426. The maximum atomic E-state index is 12.6. The lowest BCUT2D eigenvalue weighted by Gasteiger charge is -2.18. The van der Waals surface area contributed by atoms with E-state index in [0.29, 0.717) is 12.8 Å². The van der Waals surface area contributed by atoms with Crippen molar-refractivity contribution in [3.8, 4) is 0 Å². The van der Waals surface area contributed by atoms with Crippen molar-refractivity contribution in [2.45, 2.75) is 39.0 Å². The zero-order chi connectivity index (χ0) is 19.7. The van der Waals surface area contributed by atoms with Gasteiger partial charge < -0.3 is 9.47 Å². The molecule has 0 radical (unpaired) electrons. The third-order valence-electron chi connectivity index (χ3n) is 2.90. The summed E-state index contributed by atoms with van der Waals surface area (Å²) in [6.45, 7) is 9.17. The number of hydrogen-bond donors (Lipinski definition) is 0. The summed E-state index contributed by atoms with van der Waals surface area (Å²) in [7, 11) is -3.72. The molecule has 0 rings (SSSR count).